The molecule has 0 radical (unpaired) electrons. The molecule has 120 valence electrons. The van der Waals surface area contributed by atoms with Gasteiger partial charge in [-0.3, -0.25) is 4.79 Å². The van der Waals surface area contributed by atoms with E-state index < -0.39 is 12.1 Å². The molecular weight excluding hydrogens is 298 g/mol. The molecule has 1 amide bonds. The first kappa shape index (κ1) is 16.7. The van der Waals surface area contributed by atoms with Gasteiger partial charge in [0.15, 0.2) is 6.10 Å². The Bertz CT molecular complexity index is 562. The fraction of sp³-hybridized carbons (Fsp3) is 0.529. The summed E-state index contributed by atoms with van der Waals surface area (Å²) in [6.45, 7) is 4.13. The van der Waals surface area contributed by atoms with E-state index in [1.807, 2.05) is 13.0 Å². The van der Waals surface area contributed by atoms with Gasteiger partial charge < -0.3 is 10.1 Å². The summed E-state index contributed by atoms with van der Waals surface area (Å²) in [5, 5.41) is 2.84. The second kappa shape index (κ2) is 8.13. The molecule has 0 saturated heterocycles. The summed E-state index contributed by atoms with van der Waals surface area (Å²) >= 11 is 1.37. The molecule has 0 bridgehead atoms. The molecule has 5 heteroatoms. The predicted octanol–water partition coefficient (Wildman–Crippen LogP) is 3.61. The molecule has 1 aromatic heterocycles. The number of rotatable bonds is 6. The van der Waals surface area contributed by atoms with E-state index >= 15 is 0 Å². The van der Waals surface area contributed by atoms with Gasteiger partial charge >= 0.3 is 5.97 Å². The van der Waals surface area contributed by atoms with Crippen LogP contribution in [0.3, 0.4) is 0 Å². The first-order chi connectivity index (χ1) is 10.6. The zero-order valence-electron chi connectivity index (χ0n) is 13.2. The third kappa shape index (κ3) is 4.98. The molecule has 2 rings (SSSR count). The Morgan fingerprint density at radius 3 is 2.82 bits per heavy atom. The lowest BCUT2D eigenvalue weighted by atomic mass is 9.97. The number of nitrogens with one attached hydrogen (secondary N) is 1. The molecule has 1 aromatic rings. The van der Waals surface area contributed by atoms with Gasteiger partial charge in [0, 0.05) is 11.4 Å². The predicted molar refractivity (Wildman–Crippen MR) is 88.1 cm³/mol. The molecule has 1 atom stereocenters. The molecule has 0 aromatic carbocycles. The van der Waals surface area contributed by atoms with Crippen LogP contribution in [0.1, 0.15) is 53.6 Å². The van der Waals surface area contributed by atoms with Crippen LogP contribution in [-0.4, -0.2) is 24.5 Å². The number of aryl methyl sites for hydroxylation is 1. The Morgan fingerprint density at radius 2 is 2.18 bits per heavy atom. The number of esters is 1. The van der Waals surface area contributed by atoms with Crippen LogP contribution in [0.25, 0.3) is 0 Å². The average molecular weight is 321 g/mol. The number of ether oxygens (including phenoxy) is 1. The van der Waals surface area contributed by atoms with E-state index in [4.69, 9.17) is 4.74 Å². The van der Waals surface area contributed by atoms with Gasteiger partial charge in [-0.15, -0.1) is 11.3 Å². The maximum atomic E-state index is 12.0. The highest BCUT2D eigenvalue weighted by molar-refractivity contribution is 7.13. The Morgan fingerprint density at radius 1 is 1.36 bits per heavy atom. The van der Waals surface area contributed by atoms with Crippen LogP contribution in [0, 0.1) is 6.92 Å². The van der Waals surface area contributed by atoms with Gasteiger partial charge in [0.2, 0.25) is 0 Å². The zero-order chi connectivity index (χ0) is 15.9. The molecule has 1 heterocycles. The van der Waals surface area contributed by atoms with E-state index in [0.29, 0.717) is 11.4 Å². The topological polar surface area (TPSA) is 55.4 Å². The SMILES string of the molecule is Cc1ccc(C(=O)O[C@H](C)C(=O)NCCC2=CCCCC2)s1. The third-order valence-electron chi connectivity index (χ3n) is 3.72. The van der Waals surface area contributed by atoms with Crippen LogP contribution in [0.5, 0.6) is 0 Å². The Kier molecular flexibility index (Phi) is 6.19. The number of thiophene rings is 1. The van der Waals surface area contributed by atoms with Crippen molar-refractivity contribution in [2.75, 3.05) is 6.54 Å². The normalized spacial score (nSPS) is 15.8. The maximum Gasteiger partial charge on any atom is 0.349 e. The second-order valence-electron chi connectivity index (χ2n) is 5.61. The van der Waals surface area contributed by atoms with Crippen molar-refractivity contribution >= 4 is 23.2 Å². The highest BCUT2D eigenvalue weighted by Gasteiger charge is 2.19. The minimum absolute atomic E-state index is 0.238. The molecule has 0 fully saturated rings. The summed E-state index contributed by atoms with van der Waals surface area (Å²) in [4.78, 5) is 25.4. The van der Waals surface area contributed by atoms with Crippen LogP contribution in [0.4, 0.5) is 0 Å². The summed E-state index contributed by atoms with van der Waals surface area (Å²) in [7, 11) is 0. The molecular formula is C17H23NO3S. The largest absolute Gasteiger partial charge is 0.448 e. The molecule has 1 N–H and O–H groups in total. The van der Waals surface area contributed by atoms with Gasteiger partial charge in [-0.2, -0.15) is 0 Å². The second-order valence-corrected chi connectivity index (χ2v) is 6.89. The van der Waals surface area contributed by atoms with E-state index in [1.165, 1.54) is 29.8 Å². The molecule has 1 aliphatic rings. The average Bonchev–Trinajstić information content (AvgIpc) is 2.95. The quantitative estimate of drug-likeness (QED) is 0.643. The van der Waals surface area contributed by atoms with E-state index in [-0.39, 0.29) is 5.91 Å². The van der Waals surface area contributed by atoms with Crippen LogP contribution in [0.15, 0.2) is 23.8 Å². The summed E-state index contributed by atoms with van der Waals surface area (Å²) in [5.41, 5.74) is 1.42. The Labute approximate surface area is 135 Å². The first-order valence-electron chi connectivity index (χ1n) is 7.79. The van der Waals surface area contributed by atoms with E-state index in [9.17, 15) is 9.59 Å². The fourth-order valence-electron chi connectivity index (χ4n) is 2.44. The molecule has 1 aliphatic carbocycles. The van der Waals surface area contributed by atoms with Gasteiger partial charge in [-0.1, -0.05) is 11.6 Å². The van der Waals surface area contributed by atoms with E-state index in [0.717, 1.165) is 24.1 Å². The molecule has 22 heavy (non-hydrogen) atoms. The smallest absolute Gasteiger partial charge is 0.349 e. The van der Waals surface area contributed by atoms with Gasteiger partial charge in [0.1, 0.15) is 4.88 Å². The lowest BCUT2D eigenvalue weighted by Crippen LogP contribution is -2.36. The minimum atomic E-state index is -0.768. The molecule has 0 spiro atoms. The maximum absolute atomic E-state index is 12.0. The van der Waals surface area contributed by atoms with Crippen molar-refractivity contribution in [3.63, 3.8) is 0 Å². The number of amides is 1. The summed E-state index contributed by atoms with van der Waals surface area (Å²) in [6, 6.07) is 3.59. The molecule has 0 aliphatic heterocycles. The Hall–Kier alpha value is -1.62. The van der Waals surface area contributed by atoms with E-state index in [1.54, 1.807) is 13.0 Å². The minimum Gasteiger partial charge on any atom is -0.448 e. The van der Waals surface area contributed by atoms with Crippen molar-refractivity contribution in [1.29, 1.82) is 0 Å². The highest BCUT2D eigenvalue weighted by atomic mass is 32.1. The zero-order valence-corrected chi connectivity index (χ0v) is 14.0. The van der Waals surface area contributed by atoms with Crippen molar-refractivity contribution in [3.8, 4) is 0 Å². The molecule has 0 unspecified atom stereocenters. The number of allylic oxidation sites excluding steroid dienone is 1. The first-order valence-corrected chi connectivity index (χ1v) is 8.61. The van der Waals surface area contributed by atoms with Crippen LogP contribution in [0.2, 0.25) is 0 Å². The summed E-state index contributed by atoms with van der Waals surface area (Å²) in [6.07, 6.45) is 7.19. The van der Waals surface area contributed by atoms with Crippen molar-refractivity contribution in [1.82, 2.24) is 5.32 Å². The lowest BCUT2D eigenvalue weighted by molar-refractivity contribution is -0.129. The van der Waals surface area contributed by atoms with Gasteiger partial charge in [0.05, 0.1) is 0 Å². The summed E-state index contributed by atoms with van der Waals surface area (Å²) in [5.74, 6) is -0.672. The van der Waals surface area contributed by atoms with Crippen LogP contribution in [-0.2, 0) is 9.53 Å². The molecule has 0 saturated carbocycles. The highest BCUT2D eigenvalue weighted by Crippen LogP contribution is 2.19. The van der Waals surface area contributed by atoms with Gasteiger partial charge in [-0.05, 0) is 58.1 Å². The van der Waals surface area contributed by atoms with Crippen LogP contribution < -0.4 is 5.32 Å². The monoisotopic (exact) mass is 321 g/mol. The van der Waals surface area contributed by atoms with Crippen LogP contribution >= 0.6 is 11.3 Å². The number of carbonyl (C=O) groups excluding carboxylic acids is 2. The van der Waals surface area contributed by atoms with Crippen molar-refractivity contribution in [2.24, 2.45) is 0 Å². The van der Waals surface area contributed by atoms with Crippen molar-refractivity contribution in [3.05, 3.63) is 33.5 Å². The lowest BCUT2D eigenvalue weighted by Gasteiger charge is -2.15. The fourth-order valence-corrected chi connectivity index (χ4v) is 3.19. The molecule has 4 nitrogen and oxygen atoms in total. The summed E-state index contributed by atoms with van der Waals surface area (Å²) < 4.78 is 5.20. The number of carbonyl (C=O) groups is 2. The van der Waals surface area contributed by atoms with Crippen molar-refractivity contribution < 1.29 is 14.3 Å². The Balaban J connectivity index is 1.72. The standard InChI is InChI=1S/C17H23NO3S/c1-12-8-9-15(22-12)17(20)21-13(2)16(19)18-11-10-14-6-4-3-5-7-14/h6,8-9,13H,3-5,7,10-11H2,1-2H3,(H,18,19)/t13-/m1/s1. The number of hydrogen-bond acceptors (Lipinski definition) is 4. The van der Waals surface area contributed by atoms with Gasteiger partial charge in [0.25, 0.3) is 5.91 Å². The van der Waals surface area contributed by atoms with Gasteiger partial charge in [-0.25, -0.2) is 4.79 Å². The third-order valence-corrected chi connectivity index (χ3v) is 4.71. The van der Waals surface area contributed by atoms with E-state index in [2.05, 4.69) is 11.4 Å². The van der Waals surface area contributed by atoms with Crippen molar-refractivity contribution in [2.45, 2.75) is 52.1 Å². The number of hydrogen-bond donors (Lipinski definition) is 1.